The van der Waals surface area contributed by atoms with Crippen LogP contribution in [0.3, 0.4) is 0 Å². The number of benzene rings is 1. The number of carboxylic acid groups (broad SMARTS) is 1. The highest BCUT2D eigenvalue weighted by molar-refractivity contribution is 7.99. The molecule has 0 bridgehead atoms. The Morgan fingerprint density at radius 3 is 2.65 bits per heavy atom. The van der Waals surface area contributed by atoms with Crippen LogP contribution in [-0.4, -0.2) is 33.6 Å². The second kappa shape index (κ2) is 6.65. The summed E-state index contributed by atoms with van der Waals surface area (Å²) in [5.41, 5.74) is 0.128. The molecule has 0 atom stereocenters. The van der Waals surface area contributed by atoms with E-state index in [-0.39, 0.29) is 22.9 Å². The van der Waals surface area contributed by atoms with E-state index < -0.39 is 5.97 Å². The molecular weight excluding hydrogens is 278 g/mol. The van der Waals surface area contributed by atoms with E-state index >= 15 is 0 Å². The Hall–Kier alpha value is -1.69. The van der Waals surface area contributed by atoms with Gasteiger partial charge in [0.1, 0.15) is 5.75 Å². The summed E-state index contributed by atoms with van der Waals surface area (Å²) >= 11 is 1.90. The average molecular weight is 295 g/mol. The van der Waals surface area contributed by atoms with Gasteiger partial charge in [0.15, 0.2) is 0 Å². The average Bonchev–Trinajstić information content (AvgIpc) is 2.41. The van der Waals surface area contributed by atoms with Gasteiger partial charge in [-0.05, 0) is 48.5 Å². The monoisotopic (exact) mass is 295 g/mol. The van der Waals surface area contributed by atoms with Crippen molar-refractivity contribution in [2.45, 2.75) is 19.3 Å². The maximum absolute atomic E-state index is 12.0. The smallest absolute Gasteiger partial charge is 0.337 e. The van der Waals surface area contributed by atoms with Crippen LogP contribution in [-0.2, 0) is 4.79 Å². The van der Waals surface area contributed by atoms with Crippen LogP contribution in [0.2, 0.25) is 0 Å². The van der Waals surface area contributed by atoms with E-state index in [1.54, 1.807) is 0 Å². The van der Waals surface area contributed by atoms with E-state index in [0.717, 1.165) is 30.4 Å². The van der Waals surface area contributed by atoms with E-state index in [0.29, 0.717) is 12.3 Å². The minimum Gasteiger partial charge on any atom is -0.508 e. The summed E-state index contributed by atoms with van der Waals surface area (Å²) in [6.45, 7) is 0. The zero-order chi connectivity index (χ0) is 14.5. The van der Waals surface area contributed by atoms with Crippen molar-refractivity contribution in [3.05, 3.63) is 23.8 Å². The Balaban J connectivity index is 2.01. The Morgan fingerprint density at radius 2 is 2.00 bits per heavy atom. The first-order valence-corrected chi connectivity index (χ1v) is 7.65. The summed E-state index contributed by atoms with van der Waals surface area (Å²) in [6.07, 6.45) is 2.47. The molecule has 1 amide bonds. The number of aromatic hydroxyl groups is 1. The van der Waals surface area contributed by atoms with Gasteiger partial charge in [-0.15, -0.1) is 0 Å². The maximum Gasteiger partial charge on any atom is 0.337 e. The third kappa shape index (κ3) is 3.90. The van der Waals surface area contributed by atoms with E-state index in [1.165, 1.54) is 12.1 Å². The fourth-order valence-corrected chi connectivity index (χ4v) is 3.44. The van der Waals surface area contributed by atoms with Crippen molar-refractivity contribution in [2.24, 2.45) is 5.92 Å². The predicted octanol–water partition coefficient (Wildman–Crippen LogP) is 2.56. The minimum absolute atomic E-state index is 0.0995. The first-order valence-electron chi connectivity index (χ1n) is 6.50. The van der Waals surface area contributed by atoms with Crippen LogP contribution in [0.25, 0.3) is 0 Å². The van der Waals surface area contributed by atoms with E-state index in [2.05, 4.69) is 5.32 Å². The van der Waals surface area contributed by atoms with Crippen LogP contribution in [0.5, 0.6) is 5.75 Å². The van der Waals surface area contributed by atoms with Crippen LogP contribution in [0.4, 0.5) is 5.69 Å². The number of thioether (sulfide) groups is 1. The number of phenols is 1. The number of hydrogen-bond acceptors (Lipinski definition) is 4. The predicted molar refractivity (Wildman–Crippen MR) is 78.4 cm³/mol. The fraction of sp³-hybridized carbons (Fsp3) is 0.429. The number of phenolic OH excluding ortho intramolecular Hbond substituents is 1. The molecule has 0 unspecified atom stereocenters. The van der Waals surface area contributed by atoms with Gasteiger partial charge >= 0.3 is 5.97 Å². The van der Waals surface area contributed by atoms with E-state index in [1.807, 2.05) is 11.8 Å². The number of nitrogens with one attached hydrogen (secondary N) is 1. The number of carboxylic acids is 1. The van der Waals surface area contributed by atoms with E-state index in [4.69, 9.17) is 5.11 Å². The second-order valence-corrected chi connectivity index (χ2v) is 6.07. The number of rotatable bonds is 4. The first-order chi connectivity index (χ1) is 9.56. The maximum atomic E-state index is 12.0. The van der Waals surface area contributed by atoms with Gasteiger partial charge in [0.05, 0.1) is 11.3 Å². The molecule has 1 aliphatic heterocycles. The molecule has 0 spiro atoms. The Bertz CT molecular complexity index is 512. The highest BCUT2D eigenvalue weighted by atomic mass is 32.2. The number of carbonyl (C=O) groups is 2. The molecule has 2 rings (SSSR count). The lowest BCUT2D eigenvalue weighted by Gasteiger charge is -2.20. The summed E-state index contributed by atoms with van der Waals surface area (Å²) in [6, 6.07) is 3.90. The number of aromatic carboxylic acids is 1. The summed E-state index contributed by atoms with van der Waals surface area (Å²) < 4.78 is 0. The largest absolute Gasteiger partial charge is 0.508 e. The normalized spacial score (nSPS) is 15.8. The molecule has 1 fully saturated rings. The number of hydrogen-bond donors (Lipinski definition) is 3. The van der Waals surface area contributed by atoms with Gasteiger partial charge in [0.2, 0.25) is 5.91 Å². The summed E-state index contributed by atoms with van der Waals surface area (Å²) in [5.74, 6) is 1.06. The zero-order valence-electron chi connectivity index (χ0n) is 11.0. The molecule has 0 aliphatic carbocycles. The molecule has 1 aliphatic rings. The Morgan fingerprint density at radius 1 is 1.30 bits per heavy atom. The van der Waals surface area contributed by atoms with Crippen molar-refractivity contribution in [3.8, 4) is 5.75 Å². The molecule has 1 aromatic rings. The highest BCUT2D eigenvalue weighted by Crippen LogP contribution is 2.26. The van der Waals surface area contributed by atoms with E-state index in [9.17, 15) is 14.7 Å². The molecule has 1 saturated heterocycles. The second-order valence-electron chi connectivity index (χ2n) is 4.84. The summed E-state index contributed by atoms with van der Waals surface area (Å²) in [7, 11) is 0. The van der Waals surface area contributed by atoms with Gasteiger partial charge in [0.25, 0.3) is 0 Å². The van der Waals surface area contributed by atoms with Crippen molar-refractivity contribution >= 4 is 29.3 Å². The number of anilines is 1. The number of amides is 1. The van der Waals surface area contributed by atoms with Crippen molar-refractivity contribution < 1.29 is 19.8 Å². The molecule has 0 saturated carbocycles. The SMILES string of the molecule is O=C(CC1CCSCC1)Nc1ccc(O)cc1C(=O)O. The Kier molecular flexibility index (Phi) is 4.89. The molecule has 108 valence electrons. The van der Waals surface area contributed by atoms with Gasteiger partial charge in [-0.2, -0.15) is 11.8 Å². The highest BCUT2D eigenvalue weighted by Gasteiger charge is 2.19. The van der Waals surface area contributed by atoms with Crippen LogP contribution in [0.1, 0.15) is 29.6 Å². The molecule has 1 heterocycles. The first kappa shape index (κ1) is 14.7. The van der Waals surface area contributed by atoms with Crippen molar-refractivity contribution in [3.63, 3.8) is 0 Å². The van der Waals surface area contributed by atoms with Gasteiger partial charge in [-0.25, -0.2) is 4.79 Å². The molecule has 0 aromatic heterocycles. The molecule has 6 heteroatoms. The van der Waals surface area contributed by atoms with Crippen LogP contribution < -0.4 is 5.32 Å². The van der Waals surface area contributed by atoms with Crippen LogP contribution in [0.15, 0.2) is 18.2 Å². The molecule has 1 aromatic carbocycles. The lowest BCUT2D eigenvalue weighted by Crippen LogP contribution is -2.20. The fourth-order valence-electron chi connectivity index (χ4n) is 2.23. The van der Waals surface area contributed by atoms with Crippen LogP contribution >= 0.6 is 11.8 Å². The van der Waals surface area contributed by atoms with Crippen molar-refractivity contribution in [1.29, 1.82) is 0 Å². The number of carbonyl (C=O) groups excluding carboxylic acids is 1. The quantitative estimate of drug-likeness (QED) is 0.743. The lowest BCUT2D eigenvalue weighted by atomic mass is 9.98. The molecule has 3 N–H and O–H groups in total. The third-order valence-corrected chi connectivity index (χ3v) is 4.37. The standard InChI is InChI=1S/C14H17NO4S/c16-10-1-2-12(11(8-10)14(18)19)15-13(17)7-9-3-5-20-6-4-9/h1-2,8-9,16H,3-7H2,(H,15,17)(H,18,19). The van der Waals surface area contributed by atoms with Gasteiger partial charge in [0, 0.05) is 6.42 Å². The third-order valence-electron chi connectivity index (χ3n) is 3.32. The summed E-state index contributed by atoms with van der Waals surface area (Å²) in [4.78, 5) is 23.0. The molecular formula is C14H17NO4S. The van der Waals surface area contributed by atoms with Crippen LogP contribution in [0, 0.1) is 5.92 Å². The molecule has 0 radical (unpaired) electrons. The summed E-state index contributed by atoms with van der Waals surface area (Å²) in [5, 5.41) is 21.0. The lowest BCUT2D eigenvalue weighted by molar-refractivity contribution is -0.117. The van der Waals surface area contributed by atoms with Gasteiger partial charge < -0.3 is 15.5 Å². The minimum atomic E-state index is -1.18. The molecule has 5 nitrogen and oxygen atoms in total. The topological polar surface area (TPSA) is 86.6 Å². The van der Waals surface area contributed by atoms with Crippen molar-refractivity contribution in [2.75, 3.05) is 16.8 Å². The van der Waals surface area contributed by atoms with Gasteiger partial charge in [-0.1, -0.05) is 0 Å². The Labute approximate surface area is 121 Å². The van der Waals surface area contributed by atoms with Gasteiger partial charge in [-0.3, -0.25) is 4.79 Å². The zero-order valence-corrected chi connectivity index (χ0v) is 11.8. The molecule has 20 heavy (non-hydrogen) atoms. The van der Waals surface area contributed by atoms with Crippen molar-refractivity contribution in [1.82, 2.24) is 0 Å².